The number of hydrogen-bond acceptors (Lipinski definition) is 2. The lowest BCUT2D eigenvalue weighted by atomic mass is 10.3. The van der Waals surface area contributed by atoms with E-state index < -0.39 is 5.97 Å². The molecule has 0 aliphatic rings. The molecule has 0 aliphatic heterocycles. The van der Waals surface area contributed by atoms with Crippen molar-refractivity contribution in [3.63, 3.8) is 0 Å². The van der Waals surface area contributed by atoms with E-state index in [1.165, 1.54) is 6.92 Å². The molecule has 8 heavy (non-hydrogen) atoms. The third-order valence-electron chi connectivity index (χ3n) is 0.618. The lowest BCUT2D eigenvalue weighted by Crippen LogP contribution is -1.94. The molecule has 0 rings (SSSR count). The maximum Gasteiger partial charge on any atom is 0.331 e. The van der Waals surface area contributed by atoms with Gasteiger partial charge in [0.05, 0.1) is 6.07 Å². The highest BCUT2D eigenvalue weighted by Crippen LogP contribution is 1.88. The maximum atomic E-state index is 9.87. The van der Waals surface area contributed by atoms with Crippen LogP contribution in [0.5, 0.6) is 0 Å². The van der Waals surface area contributed by atoms with Gasteiger partial charge in [0.2, 0.25) is 0 Å². The molecule has 0 aliphatic carbocycles. The van der Waals surface area contributed by atoms with Gasteiger partial charge in [0, 0.05) is 11.6 Å². The van der Waals surface area contributed by atoms with Gasteiger partial charge in [-0.15, -0.1) is 0 Å². The predicted molar refractivity (Wildman–Crippen MR) is 27.0 cm³/mol. The summed E-state index contributed by atoms with van der Waals surface area (Å²) in [6.45, 7) is 1.37. The van der Waals surface area contributed by atoms with Crippen LogP contribution in [0.3, 0.4) is 0 Å². The van der Waals surface area contributed by atoms with Crippen molar-refractivity contribution < 1.29 is 9.90 Å². The first-order valence-electron chi connectivity index (χ1n) is 1.98. The topological polar surface area (TPSA) is 61.1 Å². The fraction of sp³-hybridized carbons (Fsp3) is 0.200. The Morgan fingerprint density at radius 3 is 2.50 bits per heavy atom. The molecule has 0 bridgehead atoms. The quantitative estimate of drug-likeness (QED) is 0.397. The summed E-state index contributed by atoms with van der Waals surface area (Å²) in [6, 6.07) is 1.61. The minimum Gasteiger partial charge on any atom is -0.478 e. The van der Waals surface area contributed by atoms with Crippen LogP contribution in [0.2, 0.25) is 0 Å². The molecule has 0 fully saturated rings. The van der Waals surface area contributed by atoms with E-state index in [0.29, 0.717) is 0 Å². The van der Waals surface area contributed by atoms with E-state index in [2.05, 4.69) is 0 Å². The minimum atomic E-state index is -1.05. The molecule has 0 saturated heterocycles. The van der Waals surface area contributed by atoms with Crippen molar-refractivity contribution in [3.05, 3.63) is 11.6 Å². The van der Waals surface area contributed by atoms with Crippen LogP contribution < -0.4 is 0 Å². The van der Waals surface area contributed by atoms with Crippen LogP contribution in [0.25, 0.3) is 0 Å². The zero-order valence-electron chi connectivity index (χ0n) is 4.38. The standard InChI is InChI=1S/C5H5NO2/c1-4(2-3-6)5(7)8/h2H,1H3,(H,7,8)/b4-2+. The molecule has 0 spiro atoms. The summed E-state index contributed by atoms with van der Waals surface area (Å²) in [7, 11) is 0. The van der Waals surface area contributed by atoms with Gasteiger partial charge in [0.25, 0.3) is 0 Å². The van der Waals surface area contributed by atoms with Crippen molar-refractivity contribution in [2.75, 3.05) is 0 Å². The van der Waals surface area contributed by atoms with Crippen molar-refractivity contribution in [1.29, 1.82) is 5.26 Å². The number of carbonyl (C=O) groups is 1. The second-order valence-corrected chi connectivity index (χ2v) is 1.26. The van der Waals surface area contributed by atoms with Gasteiger partial charge in [-0.1, -0.05) is 0 Å². The first kappa shape index (κ1) is 6.70. The van der Waals surface area contributed by atoms with Crippen LogP contribution in [-0.4, -0.2) is 11.1 Å². The zero-order chi connectivity index (χ0) is 6.57. The van der Waals surface area contributed by atoms with Crippen molar-refractivity contribution in [2.24, 2.45) is 0 Å². The number of hydrogen-bond donors (Lipinski definition) is 1. The molecule has 0 aromatic heterocycles. The molecule has 0 radical (unpaired) electrons. The molecule has 1 N–H and O–H groups in total. The molecule has 0 saturated carbocycles. The van der Waals surface area contributed by atoms with Crippen LogP contribution >= 0.6 is 0 Å². The predicted octanol–water partition coefficient (Wildman–Crippen LogP) is 0.541. The molecule has 0 atom stereocenters. The van der Waals surface area contributed by atoms with E-state index in [0.717, 1.165) is 6.08 Å². The van der Waals surface area contributed by atoms with Gasteiger partial charge in [-0.3, -0.25) is 0 Å². The fourth-order valence-electron chi connectivity index (χ4n) is 0.159. The van der Waals surface area contributed by atoms with E-state index >= 15 is 0 Å². The van der Waals surface area contributed by atoms with Crippen LogP contribution in [0, 0.1) is 11.3 Å². The molecule has 3 heteroatoms. The number of carboxylic acids is 1. The van der Waals surface area contributed by atoms with Crippen molar-refractivity contribution >= 4 is 5.97 Å². The molecule has 0 aromatic carbocycles. The summed E-state index contributed by atoms with van der Waals surface area (Å²) in [5, 5.41) is 16.0. The Balaban J connectivity index is 4.06. The molecule has 0 amide bonds. The average molecular weight is 111 g/mol. The summed E-state index contributed by atoms with van der Waals surface area (Å²) in [6.07, 6.45) is 0.988. The highest BCUT2D eigenvalue weighted by Gasteiger charge is 1.95. The Morgan fingerprint density at radius 1 is 1.88 bits per heavy atom. The van der Waals surface area contributed by atoms with Gasteiger partial charge in [0.1, 0.15) is 0 Å². The van der Waals surface area contributed by atoms with Gasteiger partial charge in [-0.2, -0.15) is 5.26 Å². The van der Waals surface area contributed by atoms with Gasteiger partial charge in [-0.05, 0) is 6.92 Å². The third-order valence-corrected chi connectivity index (χ3v) is 0.618. The fourth-order valence-corrected chi connectivity index (χ4v) is 0.159. The SMILES string of the molecule is C/C(=C\C#N)C(=O)O. The molecule has 0 heterocycles. The van der Waals surface area contributed by atoms with Crippen LogP contribution in [0.15, 0.2) is 11.6 Å². The van der Waals surface area contributed by atoms with Crippen LogP contribution in [-0.2, 0) is 4.79 Å². The molecular formula is C5H5NO2. The Bertz CT molecular complexity index is 164. The lowest BCUT2D eigenvalue weighted by Gasteiger charge is -1.82. The molecule has 42 valence electrons. The summed E-state index contributed by atoms with van der Waals surface area (Å²) in [5.74, 6) is -1.05. The first-order chi connectivity index (χ1) is 3.68. The monoisotopic (exact) mass is 111 g/mol. The largest absolute Gasteiger partial charge is 0.478 e. The van der Waals surface area contributed by atoms with Crippen LogP contribution in [0.1, 0.15) is 6.92 Å². The van der Waals surface area contributed by atoms with Crippen molar-refractivity contribution in [1.82, 2.24) is 0 Å². The average Bonchev–Trinajstić information content (AvgIpc) is 1.67. The van der Waals surface area contributed by atoms with Crippen molar-refractivity contribution in [3.8, 4) is 6.07 Å². The summed E-state index contributed by atoms with van der Waals surface area (Å²) in [4.78, 5) is 9.87. The molecular weight excluding hydrogens is 106 g/mol. The van der Waals surface area contributed by atoms with E-state index in [1.807, 2.05) is 0 Å². The van der Waals surface area contributed by atoms with Crippen molar-refractivity contribution in [2.45, 2.75) is 6.92 Å². The smallest absolute Gasteiger partial charge is 0.331 e. The van der Waals surface area contributed by atoms with E-state index in [9.17, 15) is 4.79 Å². The van der Waals surface area contributed by atoms with E-state index in [1.54, 1.807) is 6.07 Å². The Kier molecular flexibility index (Phi) is 2.35. The lowest BCUT2D eigenvalue weighted by molar-refractivity contribution is -0.132. The Hall–Kier alpha value is -1.30. The molecule has 0 aromatic rings. The normalized spacial score (nSPS) is 10.2. The minimum absolute atomic E-state index is 0.0625. The van der Waals surface area contributed by atoms with Gasteiger partial charge >= 0.3 is 5.97 Å². The summed E-state index contributed by atoms with van der Waals surface area (Å²) >= 11 is 0. The number of allylic oxidation sites excluding steroid dienone is 1. The number of rotatable bonds is 1. The van der Waals surface area contributed by atoms with Crippen LogP contribution in [0.4, 0.5) is 0 Å². The van der Waals surface area contributed by atoms with E-state index in [4.69, 9.17) is 10.4 Å². The van der Waals surface area contributed by atoms with Gasteiger partial charge in [-0.25, -0.2) is 4.79 Å². The second kappa shape index (κ2) is 2.80. The highest BCUT2D eigenvalue weighted by molar-refractivity contribution is 5.86. The second-order valence-electron chi connectivity index (χ2n) is 1.26. The number of nitriles is 1. The van der Waals surface area contributed by atoms with Gasteiger partial charge < -0.3 is 5.11 Å². The van der Waals surface area contributed by atoms with Gasteiger partial charge in [0.15, 0.2) is 0 Å². The third kappa shape index (κ3) is 1.98. The van der Waals surface area contributed by atoms with E-state index in [-0.39, 0.29) is 5.57 Å². The highest BCUT2D eigenvalue weighted by atomic mass is 16.4. The number of carboxylic acid groups (broad SMARTS) is 1. The zero-order valence-corrected chi connectivity index (χ0v) is 4.38. The Labute approximate surface area is 46.9 Å². The summed E-state index contributed by atoms with van der Waals surface area (Å²) < 4.78 is 0. The molecule has 3 nitrogen and oxygen atoms in total. The maximum absolute atomic E-state index is 9.87. The Morgan fingerprint density at radius 2 is 2.38 bits per heavy atom. The first-order valence-corrected chi connectivity index (χ1v) is 1.98. The number of aliphatic carboxylic acids is 1. The molecule has 0 unspecified atom stereocenters. The number of nitrogens with zero attached hydrogens (tertiary/aromatic N) is 1. The summed E-state index contributed by atoms with van der Waals surface area (Å²) in [5.41, 5.74) is 0.0625.